The number of benzene rings is 2. The molecule has 11 nitrogen and oxygen atoms in total. The van der Waals surface area contributed by atoms with Gasteiger partial charge >= 0.3 is 5.97 Å². The number of fused-ring (bicyclic) bond motifs is 5. The average Bonchev–Trinajstić information content (AvgIpc) is 3.61. The van der Waals surface area contributed by atoms with Crippen molar-refractivity contribution in [3.8, 4) is 0 Å². The lowest BCUT2D eigenvalue weighted by atomic mass is 9.58. The van der Waals surface area contributed by atoms with Gasteiger partial charge < -0.3 is 47.3 Å². The summed E-state index contributed by atoms with van der Waals surface area (Å²) < 4.78 is 0. The molecule has 272 valence electrons. The molecule has 9 N–H and O–H groups in total. The minimum absolute atomic E-state index is 0.0274. The van der Waals surface area contributed by atoms with E-state index < -0.39 is 18.1 Å². The van der Waals surface area contributed by atoms with Gasteiger partial charge in [-0.1, -0.05) is 73.6 Å². The van der Waals surface area contributed by atoms with Crippen LogP contribution >= 0.6 is 0 Å². The number of allylic oxidation sites excluding steroid dienone is 2. The number of nitrogens with two attached hydrogens (primary N) is 3. The Labute approximate surface area is 299 Å². The molecule has 0 fully saturated rings. The van der Waals surface area contributed by atoms with Gasteiger partial charge in [-0.3, -0.25) is 0 Å². The molecule has 1 aromatic heterocycles. The third-order valence-electron chi connectivity index (χ3n) is 10.6. The van der Waals surface area contributed by atoms with Crippen LogP contribution in [0.15, 0.2) is 77.5 Å². The third-order valence-corrected chi connectivity index (χ3v) is 10.6. The number of guanidine groups is 1. The van der Waals surface area contributed by atoms with Crippen molar-refractivity contribution in [3.63, 3.8) is 0 Å². The van der Waals surface area contributed by atoms with Gasteiger partial charge in [0, 0.05) is 31.1 Å². The first-order valence-electron chi connectivity index (χ1n) is 18.0. The number of carboxylic acids is 1. The molecular weight excluding hydrogens is 644 g/mol. The molecule has 0 radical (unpaired) electrons. The van der Waals surface area contributed by atoms with E-state index in [1.165, 1.54) is 11.1 Å². The minimum atomic E-state index is -1.15. The Hall–Kier alpha value is -4.74. The highest BCUT2D eigenvalue weighted by Gasteiger charge is 2.43. The van der Waals surface area contributed by atoms with Crippen LogP contribution in [0.5, 0.6) is 0 Å². The smallest absolute Gasteiger partial charge is 0.328 e. The van der Waals surface area contributed by atoms with Crippen LogP contribution in [0, 0.1) is 23.7 Å². The van der Waals surface area contributed by atoms with E-state index in [4.69, 9.17) is 22.5 Å². The van der Waals surface area contributed by atoms with E-state index in [-0.39, 0.29) is 54.6 Å². The Morgan fingerprint density at radius 3 is 2.59 bits per heavy atom. The quantitative estimate of drug-likeness (QED) is 0.0322. The number of nitrogens with zero attached hydrogens (tertiary/aromatic N) is 2. The number of aromatic nitrogens is 1. The summed E-state index contributed by atoms with van der Waals surface area (Å²) in [6, 6.07) is 13.0. The molecule has 2 bridgehead atoms. The van der Waals surface area contributed by atoms with Crippen molar-refractivity contribution in [2.45, 2.75) is 82.3 Å². The van der Waals surface area contributed by atoms with Crippen LogP contribution < -0.4 is 17.2 Å². The number of H-pyrrole nitrogens is 1. The Bertz CT molecular complexity index is 1750. The highest BCUT2D eigenvalue weighted by molar-refractivity contribution is 5.86. The van der Waals surface area contributed by atoms with Gasteiger partial charge in [0.25, 0.3) is 0 Å². The van der Waals surface area contributed by atoms with Gasteiger partial charge in [0.15, 0.2) is 5.96 Å². The first kappa shape index (κ1) is 37.5. The van der Waals surface area contributed by atoms with Gasteiger partial charge in [0.05, 0.1) is 6.04 Å². The summed E-state index contributed by atoms with van der Waals surface area (Å²) >= 11 is 0. The number of aliphatic hydroxyl groups excluding tert-OH is 1. The largest absolute Gasteiger partial charge is 0.478 e. The fourth-order valence-corrected chi connectivity index (χ4v) is 8.14. The zero-order valence-corrected chi connectivity index (χ0v) is 29.2. The maximum Gasteiger partial charge on any atom is 0.328 e. The lowest BCUT2D eigenvalue weighted by Crippen LogP contribution is -2.39. The number of nitrogens with one attached hydrogen (secondary N) is 1. The number of carboxylic acid groups (broad SMARTS) is 1. The summed E-state index contributed by atoms with van der Waals surface area (Å²) in [5.74, 6) is -0.303. The van der Waals surface area contributed by atoms with Gasteiger partial charge in [0.2, 0.25) is 0 Å². The van der Waals surface area contributed by atoms with Crippen molar-refractivity contribution in [2.24, 2.45) is 45.9 Å². The van der Waals surface area contributed by atoms with Crippen LogP contribution in [0.2, 0.25) is 0 Å². The van der Waals surface area contributed by atoms with Crippen LogP contribution in [-0.2, 0) is 27.2 Å². The number of rotatable bonds is 19. The van der Waals surface area contributed by atoms with Crippen molar-refractivity contribution in [1.82, 2.24) is 4.98 Å². The summed E-state index contributed by atoms with van der Waals surface area (Å²) in [6.07, 6.45) is 14.4. The van der Waals surface area contributed by atoms with E-state index >= 15 is 0 Å². The Balaban J connectivity index is 1.58. The Morgan fingerprint density at radius 2 is 1.90 bits per heavy atom. The number of aromatic amines is 1. The SMILES string of the molecule is CC(C=O)CCC(N)CCC1C=CC2Cc3cc4ccc(CC=O)cc4cc3C1C2CC([N-]c1ccc[nH]1)C(=CC(=O)O)C(CCO)N=C(N)N. The highest BCUT2D eigenvalue weighted by Crippen LogP contribution is 2.53. The maximum absolute atomic E-state index is 12.3. The molecule has 8 atom stereocenters. The molecule has 0 aliphatic heterocycles. The van der Waals surface area contributed by atoms with E-state index in [1.54, 1.807) is 6.20 Å². The number of hydrogen-bond donors (Lipinski definition) is 6. The van der Waals surface area contributed by atoms with Crippen LogP contribution in [0.25, 0.3) is 16.1 Å². The first-order chi connectivity index (χ1) is 24.6. The Kier molecular flexibility index (Phi) is 12.8. The molecule has 2 aliphatic carbocycles. The van der Waals surface area contributed by atoms with E-state index in [0.717, 1.165) is 67.1 Å². The molecule has 0 amide bonds. The van der Waals surface area contributed by atoms with Crippen LogP contribution in [0.1, 0.15) is 68.1 Å². The lowest BCUT2D eigenvalue weighted by molar-refractivity contribution is -0.131. The Morgan fingerprint density at radius 1 is 1.08 bits per heavy atom. The molecule has 0 saturated carbocycles. The van der Waals surface area contributed by atoms with Crippen LogP contribution in [0.4, 0.5) is 5.82 Å². The van der Waals surface area contributed by atoms with Crippen LogP contribution in [0.3, 0.4) is 0 Å². The average molecular weight is 696 g/mol. The van der Waals surface area contributed by atoms with E-state index in [0.29, 0.717) is 24.2 Å². The molecular formula is C40H51N6O5-. The number of carbonyl (C=O) groups excluding carboxylic acids is 2. The molecule has 0 saturated heterocycles. The van der Waals surface area contributed by atoms with Gasteiger partial charge in [-0.2, -0.15) is 0 Å². The zero-order valence-electron chi connectivity index (χ0n) is 29.2. The van der Waals surface area contributed by atoms with Crippen molar-refractivity contribution >= 4 is 41.1 Å². The molecule has 5 rings (SSSR count). The number of hydrogen-bond acceptors (Lipinski definition) is 6. The lowest BCUT2D eigenvalue weighted by Gasteiger charge is -2.48. The summed E-state index contributed by atoms with van der Waals surface area (Å²) in [6.45, 7) is 1.67. The normalized spacial score (nSPS) is 22.0. The van der Waals surface area contributed by atoms with Crippen molar-refractivity contribution in [2.75, 3.05) is 6.61 Å². The van der Waals surface area contributed by atoms with Gasteiger partial charge in [0.1, 0.15) is 12.6 Å². The van der Waals surface area contributed by atoms with Crippen LogP contribution in [-0.4, -0.2) is 64.4 Å². The second-order valence-electron chi connectivity index (χ2n) is 14.2. The monoisotopic (exact) mass is 695 g/mol. The number of carbonyl (C=O) groups is 3. The summed E-state index contributed by atoms with van der Waals surface area (Å²) in [7, 11) is 0. The third kappa shape index (κ3) is 9.53. The maximum atomic E-state index is 12.3. The standard InChI is InChI=1S/C40H51N6O5/c1-24(23-49)4-10-31(41)11-9-26-7-8-28-19-30-18-27-6-5-25(12-15-47)17-29(27)20-32(30)39(26)33(28)21-36(45-37-3-2-14-44-37)34(22-38(50)51)35(13-16-48)46-40(42)43/h2-3,5-8,14-15,17-18,20,22-24,26,28,31,33,35-36,39,44,48H,4,9-13,16,19,21,41H2,1H3,(H,50,51)(H4,42,43,46)/q-1. The summed E-state index contributed by atoms with van der Waals surface area (Å²) in [5, 5.41) is 27.3. The number of aldehydes is 2. The molecule has 11 heteroatoms. The molecule has 1 heterocycles. The number of aliphatic hydroxyl groups is 1. The fourth-order valence-electron chi connectivity index (χ4n) is 8.14. The molecule has 2 aromatic carbocycles. The zero-order chi connectivity index (χ0) is 36.5. The van der Waals surface area contributed by atoms with E-state index in [9.17, 15) is 24.6 Å². The molecule has 51 heavy (non-hydrogen) atoms. The van der Waals surface area contributed by atoms with Crippen molar-refractivity contribution in [1.29, 1.82) is 0 Å². The summed E-state index contributed by atoms with van der Waals surface area (Å²) in [5.41, 5.74) is 22.2. The molecule has 8 unspecified atom stereocenters. The summed E-state index contributed by atoms with van der Waals surface area (Å²) in [4.78, 5) is 42.4. The topological polar surface area (TPSA) is 212 Å². The van der Waals surface area contributed by atoms with Gasteiger partial charge in [-0.25, -0.2) is 9.79 Å². The second-order valence-corrected chi connectivity index (χ2v) is 14.2. The van der Waals surface area contributed by atoms with Crippen molar-refractivity contribution in [3.05, 3.63) is 94.5 Å². The molecule has 3 aromatic rings. The molecule has 0 spiro atoms. The van der Waals surface area contributed by atoms with Gasteiger partial charge in [-0.05, 0) is 108 Å². The second kappa shape index (κ2) is 17.5. The predicted molar refractivity (Wildman–Crippen MR) is 201 cm³/mol. The number of aliphatic imine (C=N–C) groups is 1. The number of aliphatic carboxylic acids is 1. The first-order valence-corrected chi connectivity index (χ1v) is 18.0. The van der Waals surface area contributed by atoms with E-state index in [2.05, 4.69) is 46.4 Å². The minimum Gasteiger partial charge on any atom is -0.478 e. The van der Waals surface area contributed by atoms with E-state index in [1.807, 2.05) is 25.1 Å². The van der Waals surface area contributed by atoms with Crippen molar-refractivity contribution < 1.29 is 24.6 Å². The highest BCUT2D eigenvalue weighted by atomic mass is 16.4. The predicted octanol–water partition coefficient (Wildman–Crippen LogP) is 5.19. The fraction of sp³-hybridized carbons (Fsp3) is 0.450. The molecule has 2 aliphatic rings. The van der Waals surface area contributed by atoms with Gasteiger partial charge in [-0.15, -0.1) is 0 Å².